The summed E-state index contributed by atoms with van der Waals surface area (Å²) in [6, 6.07) is 1.91. The summed E-state index contributed by atoms with van der Waals surface area (Å²) in [6.45, 7) is 7.18. The molecule has 1 aromatic carbocycles. The van der Waals surface area contributed by atoms with Crippen molar-refractivity contribution in [3.63, 3.8) is 0 Å². The third-order valence-electron chi connectivity index (χ3n) is 6.35. The number of hydrazone groups is 1. The summed E-state index contributed by atoms with van der Waals surface area (Å²) >= 11 is 0. The molecule has 250 valence electrons. The molecule has 17 nitrogen and oxygen atoms in total. The molecule has 0 saturated heterocycles. The molecule has 46 heavy (non-hydrogen) atoms. The lowest BCUT2D eigenvalue weighted by Crippen LogP contribution is -2.50. The number of nitrogens with zero attached hydrogens (tertiary/aromatic N) is 3. The Labute approximate surface area is 265 Å². The summed E-state index contributed by atoms with van der Waals surface area (Å²) in [5, 5.41) is 22.4. The second kappa shape index (κ2) is 17.5. The number of unbranched alkanes of at least 4 members (excludes halogenated alkanes) is 2. The average Bonchev–Trinajstić information content (AvgIpc) is 3.31. The first-order valence-corrected chi connectivity index (χ1v) is 15.6. The van der Waals surface area contributed by atoms with Gasteiger partial charge in [-0.3, -0.25) is 38.3 Å². The van der Waals surface area contributed by atoms with E-state index in [1.807, 2.05) is 0 Å². The number of allylic oxidation sites excluding steroid dienone is 1. The number of amides is 5. The molecule has 18 heteroatoms. The van der Waals surface area contributed by atoms with Gasteiger partial charge in [0.2, 0.25) is 17.7 Å². The molecule has 0 fully saturated rings. The Morgan fingerprint density at radius 2 is 1.80 bits per heavy atom. The molecule has 4 N–H and O–H groups in total. The molecule has 1 aliphatic rings. The molecule has 5 amide bonds. The van der Waals surface area contributed by atoms with E-state index in [9.17, 15) is 42.5 Å². The number of nitrogens with one attached hydrogen (secondary N) is 4. The summed E-state index contributed by atoms with van der Waals surface area (Å²) in [4.78, 5) is 73.9. The molecule has 0 radical (unpaired) electrons. The highest BCUT2D eigenvalue weighted by molar-refractivity contribution is 7.86. The Balaban J connectivity index is 1.89. The van der Waals surface area contributed by atoms with Gasteiger partial charge in [0, 0.05) is 55.2 Å². The van der Waals surface area contributed by atoms with Crippen molar-refractivity contribution in [2.75, 3.05) is 31.3 Å². The van der Waals surface area contributed by atoms with E-state index in [0.29, 0.717) is 37.2 Å². The van der Waals surface area contributed by atoms with Gasteiger partial charge in [-0.2, -0.15) is 13.5 Å². The van der Waals surface area contributed by atoms with Gasteiger partial charge in [0.05, 0.1) is 12.0 Å². The molecular formula is C28H37N7O10S. The first kappa shape index (κ1) is 37.2. The van der Waals surface area contributed by atoms with Gasteiger partial charge >= 0.3 is 0 Å². The summed E-state index contributed by atoms with van der Waals surface area (Å²) < 4.78 is 28.5. The van der Waals surface area contributed by atoms with Gasteiger partial charge in [0.1, 0.15) is 17.4 Å². The fraction of sp³-hybridized carbons (Fsp3) is 0.429. The smallest absolute Gasteiger partial charge is 0.284 e. The zero-order valence-electron chi connectivity index (χ0n) is 25.7. The summed E-state index contributed by atoms with van der Waals surface area (Å²) in [5.74, 6) is -3.94. The number of nitro benzene ring substituents is 1. The maximum Gasteiger partial charge on any atom is 0.284 e. The van der Waals surface area contributed by atoms with Crippen molar-refractivity contribution in [1.82, 2.24) is 21.0 Å². The Hall–Kier alpha value is -4.97. The standard InChI is InChI=1S/C28H37N7O10S/c1-18(2)32-33-27(39)21-11-10-20(16-23(21)35(41)42)30-25(37)13-14-29-28(40)22(17-46(43,44)45-4)31-24(36)8-6-5-7-15-34-19(3)9-12-26(34)38/h9-12,16,22H,3,5-8,13-15,17H2,1-2,4H3,(H,29,40)(H,30,37)(H,31,36)(H,33,39)/t22-/m0/s1. The van der Waals surface area contributed by atoms with Crippen molar-refractivity contribution >= 4 is 56.7 Å². The molecule has 0 saturated carbocycles. The Morgan fingerprint density at radius 1 is 1.09 bits per heavy atom. The van der Waals surface area contributed by atoms with Gasteiger partial charge in [0.25, 0.3) is 27.6 Å². The first-order chi connectivity index (χ1) is 21.6. The van der Waals surface area contributed by atoms with E-state index in [1.165, 1.54) is 17.0 Å². The van der Waals surface area contributed by atoms with E-state index in [1.54, 1.807) is 19.9 Å². The van der Waals surface area contributed by atoms with Crippen molar-refractivity contribution in [3.8, 4) is 0 Å². The number of nitro groups is 1. The van der Waals surface area contributed by atoms with Crippen LogP contribution in [0.25, 0.3) is 0 Å². The van der Waals surface area contributed by atoms with Gasteiger partial charge in [-0.05, 0) is 44.9 Å². The van der Waals surface area contributed by atoms with Crippen LogP contribution in [0.1, 0.15) is 56.3 Å². The predicted molar refractivity (Wildman–Crippen MR) is 167 cm³/mol. The van der Waals surface area contributed by atoms with Gasteiger partial charge in [-0.15, -0.1) is 0 Å². The minimum absolute atomic E-state index is 0.00952. The van der Waals surface area contributed by atoms with Gasteiger partial charge < -0.3 is 20.9 Å². The lowest BCUT2D eigenvalue weighted by atomic mass is 10.1. The zero-order valence-corrected chi connectivity index (χ0v) is 26.5. The van der Waals surface area contributed by atoms with Crippen LogP contribution in [0.2, 0.25) is 0 Å². The van der Waals surface area contributed by atoms with E-state index in [-0.39, 0.29) is 36.5 Å². The number of carbonyl (C=O) groups excluding carboxylic acids is 5. The molecule has 1 atom stereocenters. The number of carbonyl (C=O) groups is 5. The zero-order chi connectivity index (χ0) is 34.4. The van der Waals surface area contributed by atoms with Gasteiger partial charge in [-0.25, -0.2) is 5.43 Å². The maximum atomic E-state index is 12.8. The predicted octanol–water partition coefficient (Wildman–Crippen LogP) is 1.10. The highest BCUT2D eigenvalue weighted by Gasteiger charge is 2.27. The molecule has 2 rings (SSSR count). The molecule has 0 bridgehead atoms. The molecule has 1 aliphatic heterocycles. The van der Waals surface area contributed by atoms with Crippen molar-refractivity contribution in [2.24, 2.45) is 5.10 Å². The van der Waals surface area contributed by atoms with Crippen molar-refractivity contribution in [3.05, 3.63) is 58.3 Å². The van der Waals surface area contributed by atoms with E-state index >= 15 is 0 Å². The fourth-order valence-corrected chi connectivity index (χ4v) is 4.80. The Morgan fingerprint density at radius 3 is 2.41 bits per heavy atom. The summed E-state index contributed by atoms with van der Waals surface area (Å²) in [6.07, 6.45) is 4.31. The highest BCUT2D eigenvalue weighted by Crippen LogP contribution is 2.23. The second-order valence-electron chi connectivity index (χ2n) is 10.2. The molecule has 1 aromatic rings. The van der Waals surface area contributed by atoms with Crippen LogP contribution in [0, 0.1) is 10.1 Å². The SMILES string of the molecule is C=C1C=CC(=O)N1CCCCCC(=O)N[C@@H](CS(=O)(=O)OC)C(=O)NCCC(=O)Nc1ccc(C(=O)NN=C(C)C)c([N+](=O)[O-])c1. The number of hydrogen-bond acceptors (Lipinski definition) is 11. The van der Waals surface area contributed by atoms with Crippen LogP contribution >= 0.6 is 0 Å². The molecule has 0 spiro atoms. The molecule has 0 aromatic heterocycles. The molecular weight excluding hydrogens is 626 g/mol. The van der Waals surface area contributed by atoms with Crippen molar-refractivity contribution in [2.45, 2.75) is 52.0 Å². The van der Waals surface area contributed by atoms with Crippen LogP contribution in [-0.4, -0.2) is 85.5 Å². The van der Waals surface area contributed by atoms with E-state index < -0.39 is 56.2 Å². The second-order valence-corrected chi connectivity index (χ2v) is 12.0. The van der Waals surface area contributed by atoms with Gasteiger partial charge in [0.15, 0.2) is 0 Å². The van der Waals surface area contributed by atoms with Crippen molar-refractivity contribution < 1.29 is 41.5 Å². The summed E-state index contributed by atoms with van der Waals surface area (Å²) in [5.41, 5.74) is 2.46. The van der Waals surface area contributed by atoms with E-state index in [0.717, 1.165) is 19.2 Å². The number of hydrogen-bond donors (Lipinski definition) is 4. The van der Waals surface area contributed by atoms with E-state index in [4.69, 9.17) is 0 Å². The largest absolute Gasteiger partial charge is 0.354 e. The fourth-order valence-electron chi connectivity index (χ4n) is 4.02. The number of anilines is 1. The topological polar surface area (TPSA) is 236 Å². The van der Waals surface area contributed by atoms with Crippen LogP contribution in [0.4, 0.5) is 11.4 Å². The Kier molecular flexibility index (Phi) is 14.2. The van der Waals surface area contributed by atoms with Crippen molar-refractivity contribution in [1.29, 1.82) is 0 Å². The average molecular weight is 664 g/mol. The van der Waals surface area contributed by atoms with Crippen LogP contribution in [0.5, 0.6) is 0 Å². The minimum atomic E-state index is -4.17. The molecule has 1 heterocycles. The lowest BCUT2D eigenvalue weighted by molar-refractivity contribution is -0.385. The summed E-state index contributed by atoms with van der Waals surface area (Å²) in [7, 11) is -3.25. The number of benzene rings is 1. The van der Waals surface area contributed by atoms with Crippen LogP contribution in [0.15, 0.2) is 47.7 Å². The molecule has 0 unspecified atom stereocenters. The maximum absolute atomic E-state index is 12.8. The van der Waals surface area contributed by atoms with Crippen LogP contribution in [0.3, 0.4) is 0 Å². The highest BCUT2D eigenvalue weighted by atomic mass is 32.2. The third-order valence-corrected chi connectivity index (χ3v) is 7.60. The normalized spacial score (nSPS) is 13.2. The monoisotopic (exact) mass is 663 g/mol. The van der Waals surface area contributed by atoms with Crippen LogP contribution in [-0.2, 0) is 33.5 Å². The molecule has 0 aliphatic carbocycles. The van der Waals surface area contributed by atoms with Crippen LogP contribution < -0.4 is 21.4 Å². The Bertz CT molecular complexity index is 1520. The minimum Gasteiger partial charge on any atom is -0.354 e. The quantitative estimate of drug-likeness (QED) is 0.0574. The first-order valence-electron chi connectivity index (χ1n) is 14.1. The van der Waals surface area contributed by atoms with E-state index in [2.05, 4.69) is 37.2 Å². The number of rotatable bonds is 18. The lowest BCUT2D eigenvalue weighted by Gasteiger charge is -2.18. The third kappa shape index (κ3) is 12.2. The van der Waals surface area contributed by atoms with Gasteiger partial charge in [-0.1, -0.05) is 13.0 Å².